The minimum Gasteiger partial charge on any atom is -0.352 e. The van der Waals surface area contributed by atoms with Crippen molar-refractivity contribution in [3.05, 3.63) is 71.3 Å². The van der Waals surface area contributed by atoms with Crippen LogP contribution in [0.1, 0.15) is 36.9 Å². The van der Waals surface area contributed by atoms with Gasteiger partial charge in [-0.1, -0.05) is 38.1 Å². The molecule has 4 nitrogen and oxygen atoms in total. The maximum Gasteiger partial charge on any atom is 0.247 e. The number of nitrogens with one attached hydrogen (secondary N) is 1. The molecule has 2 unspecified atom stereocenters. The molecule has 1 N–H and O–H groups in total. The third-order valence-corrected chi connectivity index (χ3v) is 4.84. The first-order valence-corrected chi connectivity index (χ1v) is 8.97. The van der Waals surface area contributed by atoms with Crippen LogP contribution in [0.5, 0.6) is 0 Å². The highest BCUT2D eigenvalue weighted by Gasteiger charge is 2.38. The van der Waals surface area contributed by atoms with Gasteiger partial charge in [-0.15, -0.1) is 0 Å². The third-order valence-electron chi connectivity index (χ3n) is 4.84. The second kappa shape index (κ2) is 7.86. The van der Waals surface area contributed by atoms with Gasteiger partial charge in [-0.25, -0.2) is 8.78 Å². The average molecular weight is 372 g/mol. The van der Waals surface area contributed by atoms with Crippen LogP contribution in [-0.2, 0) is 9.59 Å². The Balaban J connectivity index is 1.96. The van der Waals surface area contributed by atoms with E-state index in [0.29, 0.717) is 24.2 Å². The van der Waals surface area contributed by atoms with Gasteiger partial charge in [0.05, 0.1) is 5.92 Å². The Hall–Kier alpha value is -2.76. The van der Waals surface area contributed by atoms with Gasteiger partial charge in [-0.2, -0.15) is 0 Å². The van der Waals surface area contributed by atoms with E-state index in [4.69, 9.17) is 0 Å². The summed E-state index contributed by atoms with van der Waals surface area (Å²) in [5, 5.41) is 2.77. The van der Waals surface area contributed by atoms with Crippen LogP contribution in [0.25, 0.3) is 0 Å². The molecule has 2 aromatic carbocycles. The van der Waals surface area contributed by atoms with Gasteiger partial charge in [0.25, 0.3) is 0 Å². The quantitative estimate of drug-likeness (QED) is 0.894. The lowest BCUT2D eigenvalue weighted by molar-refractivity contribution is -0.145. The van der Waals surface area contributed by atoms with Crippen molar-refractivity contribution in [3.8, 4) is 0 Å². The first-order valence-electron chi connectivity index (χ1n) is 8.97. The van der Waals surface area contributed by atoms with Crippen molar-refractivity contribution in [1.29, 1.82) is 0 Å². The number of hydrogen-bond donors (Lipinski definition) is 1. The SMILES string of the molecule is CC(C)C(C(=O)N1CCNC(=O)C1c1ccc(F)cc1)c1ccc(F)cc1. The van der Waals surface area contributed by atoms with E-state index in [0.717, 1.165) is 0 Å². The number of amides is 2. The van der Waals surface area contributed by atoms with E-state index >= 15 is 0 Å². The number of hydrogen-bond acceptors (Lipinski definition) is 2. The normalized spacial score (nSPS) is 18.3. The minimum absolute atomic E-state index is 0.0400. The highest BCUT2D eigenvalue weighted by molar-refractivity contribution is 5.92. The van der Waals surface area contributed by atoms with E-state index in [1.165, 1.54) is 36.4 Å². The molecule has 1 aliphatic heterocycles. The van der Waals surface area contributed by atoms with E-state index in [-0.39, 0.29) is 23.5 Å². The van der Waals surface area contributed by atoms with Crippen LogP contribution in [-0.4, -0.2) is 29.8 Å². The Morgan fingerprint density at radius 1 is 1.04 bits per heavy atom. The number of piperazine rings is 1. The van der Waals surface area contributed by atoms with Crippen LogP contribution in [0.2, 0.25) is 0 Å². The van der Waals surface area contributed by atoms with Crippen molar-refractivity contribution in [2.24, 2.45) is 5.92 Å². The monoisotopic (exact) mass is 372 g/mol. The zero-order valence-electron chi connectivity index (χ0n) is 15.3. The molecule has 0 saturated carbocycles. The first kappa shape index (κ1) is 19.0. The van der Waals surface area contributed by atoms with Crippen molar-refractivity contribution >= 4 is 11.8 Å². The van der Waals surface area contributed by atoms with Gasteiger partial charge in [0.2, 0.25) is 11.8 Å². The molecule has 142 valence electrons. The van der Waals surface area contributed by atoms with Crippen molar-refractivity contribution in [2.45, 2.75) is 25.8 Å². The summed E-state index contributed by atoms with van der Waals surface area (Å²) in [5.41, 5.74) is 1.27. The zero-order valence-corrected chi connectivity index (χ0v) is 15.3. The van der Waals surface area contributed by atoms with Gasteiger partial charge in [0.15, 0.2) is 0 Å². The van der Waals surface area contributed by atoms with E-state index in [9.17, 15) is 18.4 Å². The van der Waals surface area contributed by atoms with Crippen LogP contribution in [0.3, 0.4) is 0 Å². The second-order valence-corrected chi connectivity index (χ2v) is 7.05. The lowest BCUT2D eigenvalue weighted by Crippen LogP contribution is -2.53. The Kier molecular flexibility index (Phi) is 5.54. The van der Waals surface area contributed by atoms with Crippen LogP contribution in [0.15, 0.2) is 48.5 Å². The number of nitrogens with zero attached hydrogens (tertiary/aromatic N) is 1. The van der Waals surface area contributed by atoms with Crippen molar-refractivity contribution < 1.29 is 18.4 Å². The first-order chi connectivity index (χ1) is 12.9. The number of benzene rings is 2. The molecule has 27 heavy (non-hydrogen) atoms. The van der Waals surface area contributed by atoms with E-state index in [1.54, 1.807) is 17.0 Å². The Labute approximate surface area is 157 Å². The Morgan fingerprint density at radius 3 is 2.15 bits per heavy atom. The molecule has 0 radical (unpaired) electrons. The second-order valence-electron chi connectivity index (χ2n) is 7.05. The van der Waals surface area contributed by atoms with Gasteiger partial charge in [-0.05, 0) is 41.3 Å². The number of halogens is 2. The predicted molar refractivity (Wildman–Crippen MR) is 97.8 cm³/mol. The van der Waals surface area contributed by atoms with Gasteiger partial charge < -0.3 is 10.2 Å². The molecule has 0 aliphatic carbocycles. The molecule has 2 amide bonds. The fourth-order valence-electron chi connectivity index (χ4n) is 3.54. The summed E-state index contributed by atoms with van der Waals surface area (Å²) < 4.78 is 26.6. The Morgan fingerprint density at radius 2 is 1.59 bits per heavy atom. The molecule has 1 fully saturated rings. The molecule has 3 rings (SSSR count). The molecule has 2 atom stereocenters. The fraction of sp³-hybridized carbons (Fsp3) is 0.333. The largest absolute Gasteiger partial charge is 0.352 e. The lowest BCUT2D eigenvalue weighted by atomic mass is 9.86. The number of carbonyl (C=O) groups is 2. The van der Waals surface area contributed by atoms with Crippen LogP contribution in [0.4, 0.5) is 8.78 Å². The van der Waals surface area contributed by atoms with E-state index < -0.39 is 17.8 Å². The van der Waals surface area contributed by atoms with Crippen molar-refractivity contribution in [2.75, 3.05) is 13.1 Å². The maximum atomic E-state index is 13.4. The molecule has 0 spiro atoms. The molecule has 1 saturated heterocycles. The summed E-state index contributed by atoms with van der Waals surface area (Å²) in [7, 11) is 0. The molecule has 1 heterocycles. The average Bonchev–Trinajstić information content (AvgIpc) is 2.64. The van der Waals surface area contributed by atoms with Crippen LogP contribution in [0, 0.1) is 17.6 Å². The Bertz CT molecular complexity index is 819. The molecular weight excluding hydrogens is 350 g/mol. The summed E-state index contributed by atoms with van der Waals surface area (Å²) >= 11 is 0. The van der Waals surface area contributed by atoms with Gasteiger partial charge in [0.1, 0.15) is 17.7 Å². The summed E-state index contributed by atoms with van der Waals surface area (Å²) in [6, 6.07) is 10.7. The number of carbonyl (C=O) groups excluding carboxylic acids is 2. The topological polar surface area (TPSA) is 49.4 Å². The van der Waals surface area contributed by atoms with Crippen LogP contribution < -0.4 is 5.32 Å². The lowest BCUT2D eigenvalue weighted by Gasteiger charge is -2.38. The van der Waals surface area contributed by atoms with Gasteiger partial charge in [-0.3, -0.25) is 9.59 Å². The third kappa shape index (κ3) is 3.99. The van der Waals surface area contributed by atoms with Crippen molar-refractivity contribution in [1.82, 2.24) is 10.2 Å². The predicted octanol–water partition coefficient (Wildman–Crippen LogP) is 3.40. The molecule has 0 bridgehead atoms. The highest BCUT2D eigenvalue weighted by atomic mass is 19.1. The van der Waals surface area contributed by atoms with Crippen molar-refractivity contribution in [3.63, 3.8) is 0 Å². The smallest absolute Gasteiger partial charge is 0.247 e. The maximum absolute atomic E-state index is 13.4. The molecule has 0 aromatic heterocycles. The minimum atomic E-state index is -0.812. The standard InChI is InChI=1S/C21H22F2N2O2/c1-13(2)18(14-3-7-16(22)8-4-14)21(27)25-12-11-24-20(26)19(25)15-5-9-17(23)10-6-15/h3-10,13,18-19H,11-12H2,1-2H3,(H,24,26). The summed E-state index contributed by atoms with van der Waals surface area (Å²) in [5.74, 6) is -1.79. The van der Waals surface area contributed by atoms with E-state index in [1.807, 2.05) is 13.8 Å². The van der Waals surface area contributed by atoms with E-state index in [2.05, 4.69) is 5.32 Å². The fourth-order valence-corrected chi connectivity index (χ4v) is 3.54. The van der Waals surface area contributed by atoms with Gasteiger partial charge in [0, 0.05) is 13.1 Å². The number of rotatable bonds is 4. The summed E-state index contributed by atoms with van der Waals surface area (Å²) in [4.78, 5) is 27.5. The molecule has 1 aliphatic rings. The molecule has 2 aromatic rings. The molecular formula is C21H22F2N2O2. The summed E-state index contributed by atoms with van der Waals surface area (Å²) in [6.45, 7) is 4.55. The van der Waals surface area contributed by atoms with Crippen LogP contribution >= 0.6 is 0 Å². The van der Waals surface area contributed by atoms with Gasteiger partial charge >= 0.3 is 0 Å². The molecule has 6 heteroatoms. The highest BCUT2D eigenvalue weighted by Crippen LogP contribution is 2.32. The zero-order chi connectivity index (χ0) is 19.6. The summed E-state index contributed by atoms with van der Waals surface area (Å²) in [6.07, 6.45) is 0.